The van der Waals surface area contributed by atoms with Gasteiger partial charge in [-0.15, -0.1) is 0 Å². The van der Waals surface area contributed by atoms with Crippen LogP contribution in [-0.2, 0) is 4.74 Å². The molecule has 0 heterocycles. The Balaban J connectivity index is 2.46. The highest BCUT2D eigenvalue weighted by Crippen LogP contribution is 2.26. The van der Waals surface area contributed by atoms with Crippen molar-refractivity contribution in [1.82, 2.24) is 0 Å². The van der Waals surface area contributed by atoms with Crippen LogP contribution < -0.4 is 4.74 Å². The molecule has 0 spiro atoms. The average molecular weight is 240 g/mol. The van der Waals surface area contributed by atoms with Gasteiger partial charge in [-0.1, -0.05) is 25.1 Å². The van der Waals surface area contributed by atoms with Gasteiger partial charge >= 0.3 is 0 Å². The van der Waals surface area contributed by atoms with Gasteiger partial charge in [0.15, 0.2) is 0 Å². The second-order valence-corrected chi connectivity index (χ2v) is 3.65. The van der Waals surface area contributed by atoms with E-state index in [1.165, 1.54) is 0 Å². The maximum atomic E-state index is 9.81. The third kappa shape index (κ3) is 4.73. The van der Waals surface area contributed by atoms with E-state index in [-0.39, 0.29) is 6.61 Å². The Bertz CT molecular complexity index is 314. The summed E-state index contributed by atoms with van der Waals surface area (Å²) in [7, 11) is 0. The second kappa shape index (κ2) is 8.06. The smallest absolute Gasteiger partial charge is 0.125 e. The topological polar surface area (TPSA) is 58.9 Å². The van der Waals surface area contributed by atoms with E-state index in [0.29, 0.717) is 32.0 Å². The van der Waals surface area contributed by atoms with Gasteiger partial charge in [0.05, 0.1) is 25.9 Å². The zero-order valence-corrected chi connectivity index (χ0v) is 10.1. The van der Waals surface area contributed by atoms with Crippen molar-refractivity contribution in [3.05, 3.63) is 29.8 Å². The molecule has 0 bridgehead atoms. The fourth-order valence-corrected chi connectivity index (χ4v) is 1.48. The number of para-hydroxylation sites is 1. The minimum Gasteiger partial charge on any atom is -0.491 e. The summed E-state index contributed by atoms with van der Waals surface area (Å²) in [5, 5.41) is 18.3. The van der Waals surface area contributed by atoms with Crippen molar-refractivity contribution in [2.24, 2.45) is 0 Å². The quantitative estimate of drug-likeness (QED) is 0.676. The fraction of sp³-hybridized carbons (Fsp3) is 0.538. The van der Waals surface area contributed by atoms with Crippen molar-refractivity contribution >= 4 is 0 Å². The van der Waals surface area contributed by atoms with Crippen LogP contribution >= 0.6 is 0 Å². The molecule has 0 aliphatic carbocycles. The molecule has 1 atom stereocenters. The largest absolute Gasteiger partial charge is 0.491 e. The average Bonchev–Trinajstić information content (AvgIpc) is 2.38. The predicted octanol–water partition coefficient (Wildman–Crippen LogP) is 1.52. The molecule has 0 saturated carbocycles. The Labute approximate surface area is 102 Å². The molecule has 17 heavy (non-hydrogen) atoms. The monoisotopic (exact) mass is 240 g/mol. The van der Waals surface area contributed by atoms with Crippen molar-refractivity contribution in [3.63, 3.8) is 0 Å². The molecule has 0 amide bonds. The van der Waals surface area contributed by atoms with Gasteiger partial charge in [0.1, 0.15) is 12.4 Å². The molecule has 0 aliphatic heterocycles. The molecule has 0 unspecified atom stereocenters. The molecule has 4 heteroatoms. The summed E-state index contributed by atoms with van der Waals surface area (Å²) < 4.78 is 10.6. The molecule has 0 radical (unpaired) electrons. The van der Waals surface area contributed by atoms with Crippen molar-refractivity contribution in [2.75, 3.05) is 26.4 Å². The second-order valence-electron chi connectivity index (χ2n) is 3.65. The maximum absolute atomic E-state index is 9.81. The van der Waals surface area contributed by atoms with Gasteiger partial charge in [-0.3, -0.25) is 0 Å². The number of benzene rings is 1. The van der Waals surface area contributed by atoms with Crippen LogP contribution in [0.3, 0.4) is 0 Å². The van der Waals surface area contributed by atoms with Gasteiger partial charge in [0.2, 0.25) is 0 Å². The van der Waals surface area contributed by atoms with E-state index in [9.17, 15) is 5.11 Å². The van der Waals surface area contributed by atoms with Gasteiger partial charge in [0, 0.05) is 5.56 Å². The van der Waals surface area contributed by atoms with Crippen LogP contribution in [0.25, 0.3) is 0 Å². The lowest BCUT2D eigenvalue weighted by molar-refractivity contribution is 0.0693. The molecule has 1 aromatic rings. The van der Waals surface area contributed by atoms with E-state index in [2.05, 4.69) is 0 Å². The number of aliphatic hydroxyl groups excluding tert-OH is 2. The Morgan fingerprint density at radius 3 is 2.65 bits per heavy atom. The first-order chi connectivity index (χ1) is 8.29. The lowest BCUT2D eigenvalue weighted by Gasteiger charge is -2.14. The van der Waals surface area contributed by atoms with E-state index in [1.54, 1.807) is 0 Å². The van der Waals surface area contributed by atoms with Crippen molar-refractivity contribution < 1.29 is 19.7 Å². The normalized spacial score (nSPS) is 12.4. The van der Waals surface area contributed by atoms with Crippen LogP contribution in [0.5, 0.6) is 5.75 Å². The first-order valence-electron chi connectivity index (χ1n) is 5.88. The summed E-state index contributed by atoms with van der Waals surface area (Å²) >= 11 is 0. The van der Waals surface area contributed by atoms with E-state index in [4.69, 9.17) is 14.6 Å². The van der Waals surface area contributed by atoms with E-state index in [0.717, 1.165) is 5.56 Å². The van der Waals surface area contributed by atoms with Crippen LogP contribution in [0.1, 0.15) is 25.0 Å². The molecular weight excluding hydrogens is 220 g/mol. The third-order valence-corrected chi connectivity index (χ3v) is 2.39. The molecule has 0 aromatic heterocycles. The third-order valence-electron chi connectivity index (χ3n) is 2.39. The minimum absolute atomic E-state index is 0.0190. The lowest BCUT2D eigenvalue weighted by atomic mass is 10.1. The molecule has 4 nitrogen and oxygen atoms in total. The Morgan fingerprint density at radius 2 is 1.94 bits per heavy atom. The van der Waals surface area contributed by atoms with Crippen LogP contribution in [0.2, 0.25) is 0 Å². The zero-order valence-electron chi connectivity index (χ0n) is 10.1. The number of hydrogen-bond donors (Lipinski definition) is 2. The van der Waals surface area contributed by atoms with Crippen LogP contribution in [0.15, 0.2) is 24.3 Å². The Kier molecular flexibility index (Phi) is 6.62. The van der Waals surface area contributed by atoms with Crippen molar-refractivity contribution in [3.8, 4) is 5.75 Å². The SMILES string of the molecule is CC[C@H](O)c1ccccc1OCCOCCO. The maximum Gasteiger partial charge on any atom is 0.125 e. The first-order valence-corrected chi connectivity index (χ1v) is 5.88. The van der Waals surface area contributed by atoms with Crippen molar-refractivity contribution in [2.45, 2.75) is 19.4 Å². The molecular formula is C13H20O4. The predicted molar refractivity (Wildman–Crippen MR) is 65.1 cm³/mol. The number of hydrogen-bond acceptors (Lipinski definition) is 4. The molecule has 0 saturated heterocycles. The summed E-state index contributed by atoms with van der Waals surface area (Å²) in [6.45, 7) is 3.10. The standard InChI is InChI=1S/C13H20O4/c1-2-12(15)11-5-3-4-6-13(11)17-10-9-16-8-7-14/h3-6,12,14-15H,2,7-10H2,1H3/t12-/m0/s1. The summed E-state index contributed by atoms with van der Waals surface area (Å²) in [4.78, 5) is 0. The van der Waals surface area contributed by atoms with Crippen LogP contribution in [-0.4, -0.2) is 36.6 Å². The van der Waals surface area contributed by atoms with E-state index in [1.807, 2.05) is 31.2 Å². The van der Waals surface area contributed by atoms with Gasteiger partial charge in [-0.25, -0.2) is 0 Å². The molecule has 96 valence electrons. The molecule has 0 fully saturated rings. The summed E-state index contributed by atoms with van der Waals surface area (Å²) in [5.74, 6) is 0.689. The number of ether oxygens (including phenoxy) is 2. The zero-order chi connectivity index (χ0) is 12.5. The minimum atomic E-state index is -0.496. The van der Waals surface area contributed by atoms with Crippen molar-refractivity contribution in [1.29, 1.82) is 0 Å². The highest BCUT2D eigenvalue weighted by Gasteiger charge is 2.10. The number of rotatable bonds is 8. The van der Waals surface area contributed by atoms with E-state index >= 15 is 0 Å². The summed E-state index contributed by atoms with van der Waals surface area (Å²) in [6.07, 6.45) is 0.158. The highest BCUT2D eigenvalue weighted by molar-refractivity contribution is 5.34. The van der Waals surface area contributed by atoms with Gasteiger partial charge < -0.3 is 19.7 Å². The summed E-state index contributed by atoms with van der Waals surface area (Å²) in [6, 6.07) is 7.44. The Morgan fingerprint density at radius 1 is 1.18 bits per heavy atom. The molecule has 1 rings (SSSR count). The molecule has 0 aliphatic rings. The number of aliphatic hydroxyl groups is 2. The first kappa shape index (κ1) is 14.0. The molecule has 1 aromatic carbocycles. The fourth-order valence-electron chi connectivity index (χ4n) is 1.48. The summed E-state index contributed by atoms with van der Waals surface area (Å²) in [5.41, 5.74) is 0.803. The molecule has 2 N–H and O–H groups in total. The highest BCUT2D eigenvalue weighted by atomic mass is 16.5. The van der Waals surface area contributed by atoms with Gasteiger partial charge in [-0.05, 0) is 12.5 Å². The Hall–Kier alpha value is -1.10. The van der Waals surface area contributed by atoms with Gasteiger partial charge in [0.25, 0.3) is 0 Å². The lowest BCUT2D eigenvalue weighted by Crippen LogP contribution is -2.10. The van der Waals surface area contributed by atoms with E-state index < -0.39 is 6.10 Å². The van der Waals surface area contributed by atoms with Crippen LogP contribution in [0, 0.1) is 0 Å². The van der Waals surface area contributed by atoms with Crippen LogP contribution in [0.4, 0.5) is 0 Å². The van der Waals surface area contributed by atoms with Gasteiger partial charge in [-0.2, -0.15) is 0 Å².